The average Bonchev–Trinajstić information content (AvgIpc) is 2.69. The highest BCUT2D eigenvalue weighted by Crippen LogP contribution is 2.07. The van der Waals surface area contributed by atoms with Gasteiger partial charge in [-0.15, -0.1) is 0 Å². The standard InChI is InChI=1S/C22H37NO6S/c1-2-3-13-16-21(29-25)17-14-11-9-7-5-4-6-8-10-12-15-18-22(24)23-19-20-30(26,27)28/h4-5,8-11,14,17,21,25H,2-3,6-7,12-13,15-16,18-20H2,1H3,(H,23,24)(H,26,27,28)/b5-4-,10-8-,11-9-,17-14+/t21-/m0/s1. The van der Waals surface area contributed by atoms with Crippen molar-refractivity contribution < 1.29 is 27.9 Å². The van der Waals surface area contributed by atoms with E-state index < -0.39 is 15.9 Å². The molecule has 0 aromatic carbocycles. The van der Waals surface area contributed by atoms with Crippen LogP contribution in [0.5, 0.6) is 0 Å². The molecule has 0 aliphatic carbocycles. The van der Waals surface area contributed by atoms with Gasteiger partial charge in [0, 0.05) is 13.0 Å². The van der Waals surface area contributed by atoms with Gasteiger partial charge in [0.2, 0.25) is 5.91 Å². The van der Waals surface area contributed by atoms with Crippen molar-refractivity contribution >= 4 is 16.0 Å². The summed E-state index contributed by atoms with van der Waals surface area (Å²) in [4.78, 5) is 15.9. The lowest BCUT2D eigenvalue weighted by Gasteiger charge is -2.07. The first kappa shape index (κ1) is 28.3. The summed E-state index contributed by atoms with van der Waals surface area (Å²) in [6, 6.07) is 0. The monoisotopic (exact) mass is 443 g/mol. The molecule has 0 fully saturated rings. The zero-order valence-corrected chi connectivity index (χ0v) is 18.7. The van der Waals surface area contributed by atoms with E-state index in [1.807, 2.05) is 36.5 Å². The van der Waals surface area contributed by atoms with E-state index in [2.05, 4.69) is 29.3 Å². The second-order valence-corrected chi connectivity index (χ2v) is 8.47. The SMILES string of the molecule is CCCCC[C@@H](/C=C/C=C\C/C=C\C/C=C\CCCC(=O)NCCS(=O)(=O)O)OO. The first-order valence-corrected chi connectivity index (χ1v) is 12.1. The molecule has 0 aromatic rings. The molecule has 1 atom stereocenters. The number of hydrogen-bond acceptors (Lipinski definition) is 5. The highest BCUT2D eigenvalue weighted by molar-refractivity contribution is 7.85. The van der Waals surface area contributed by atoms with Gasteiger partial charge in [-0.3, -0.25) is 14.6 Å². The molecule has 0 unspecified atom stereocenters. The van der Waals surface area contributed by atoms with E-state index in [0.717, 1.165) is 44.9 Å². The number of carbonyl (C=O) groups is 1. The molecule has 0 aliphatic rings. The van der Waals surface area contributed by atoms with E-state index in [-0.39, 0.29) is 18.6 Å². The van der Waals surface area contributed by atoms with Gasteiger partial charge in [-0.1, -0.05) is 74.8 Å². The van der Waals surface area contributed by atoms with Crippen LogP contribution in [0.4, 0.5) is 0 Å². The predicted molar refractivity (Wildman–Crippen MR) is 121 cm³/mol. The summed E-state index contributed by atoms with van der Waals surface area (Å²) < 4.78 is 29.6. The van der Waals surface area contributed by atoms with Crippen LogP contribution >= 0.6 is 0 Å². The summed E-state index contributed by atoms with van der Waals surface area (Å²) in [5.41, 5.74) is 0. The van der Waals surface area contributed by atoms with E-state index in [4.69, 9.17) is 9.81 Å². The zero-order chi connectivity index (χ0) is 22.5. The van der Waals surface area contributed by atoms with Gasteiger partial charge in [0.1, 0.15) is 6.10 Å². The Kier molecular flexibility index (Phi) is 18.1. The molecule has 0 spiro atoms. The topological polar surface area (TPSA) is 113 Å². The summed E-state index contributed by atoms with van der Waals surface area (Å²) in [6.07, 6.45) is 23.2. The first-order valence-electron chi connectivity index (χ1n) is 10.5. The number of amides is 1. The summed E-state index contributed by atoms with van der Waals surface area (Å²) in [5.74, 6) is -0.682. The Morgan fingerprint density at radius 1 is 1.03 bits per heavy atom. The van der Waals surface area contributed by atoms with E-state index in [1.165, 1.54) is 0 Å². The lowest BCUT2D eigenvalue weighted by Crippen LogP contribution is -2.28. The summed E-state index contributed by atoms with van der Waals surface area (Å²) in [7, 11) is -4.03. The van der Waals surface area contributed by atoms with Gasteiger partial charge in [-0.05, 0) is 32.1 Å². The Hall–Kier alpha value is -1.74. The summed E-state index contributed by atoms with van der Waals surface area (Å²) in [6.45, 7) is 2.07. The molecule has 8 heteroatoms. The average molecular weight is 444 g/mol. The van der Waals surface area contributed by atoms with E-state index >= 15 is 0 Å². The maximum absolute atomic E-state index is 11.5. The molecule has 0 bridgehead atoms. The number of hydrogen-bond donors (Lipinski definition) is 3. The molecule has 0 saturated carbocycles. The highest BCUT2D eigenvalue weighted by Gasteiger charge is 2.05. The molecule has 7 nitrogen and oxygen atoms in total. The third kappa shape index (κ3) is 21.0. The molecular weight excluding hydrogens is 406 g/mol. The maximum atomic E-state index is 11.5. The second-order valence-electron chi connectivity index (χ2n) is 6.90. The number of allylic oxidation sites excluding steroid dienone is 7. The van der Waals surface area contributed by atoms with Gasteiger partial charge in [0.15, 0.2) is 0 Å². The Morgan fingerprint density at radius 3 is 2.40 bits per heavy atom. The first-order chi connectivity index (χ1) is 14.4. The number of nitrogens with one attached hydrogen (secondary N) is 1. The van der Waals surface area contributed by atoms with Crippen molar-refractivity contribution in [2.24, 2.45) is 0 Å². The van der Waals surface area contributed by atoms with Crippen molar-refractivity contribution in [3.8, 4) is 0 Å². The van der Waals surface area contributed by atoms with Crippen LogP contribution in [0.1, 0.15) is 64.7 Å². The van der Waals surface area contributed by atoms with E-state index in [1.54, 1.807) is 0 Å². The smallest absolute Gasteiger partial charge is 0.266 e. The lowest BCUT2D eigenvalue weighted by atomic mass is 10.1. The quantitative estimate of drug-likeness (QED) is 0.0712. The number of carbonyl (C=O) groups excluding carboxylic acids is 1. The molecule has 0 aromatic heterocycles. The predicted octanol–water partition coefficient (Wildman–Crippen LogP) is 4.60. The van der Waals surface area contributed by atoms with Crippen molar-refractivity contribution in [3.63, 3.8) is 0 Å². The van der Waals surface area contributed by atoms with Crippen molar-refractivity contribution in [1.29, 1.82) is 0 Å². The van der Waals surface area contributed by atoms with Gasteiger partial charge >= 0.3 is 0 Å². The molecule has 0 saturated heterocycles. The van der Waals surface area contributed by atoms with Gasteiger partial charge in [-0.25, -0.2) is 4.89 Å². The Morgan fingerprint density at radius 2 is 1.73 bits per heavy atom. The van der Waals surface area contributed by atoms with Gasteiger partial charge in [0.25, 0.3) is 10.1 Å². The van der Waals surface area contributed by atoms with Crippen LogP contribution in [0, 0.1) is 0 Å². The molecular formula is C22H37NO6S. The molecule has 0 radical (unpaired) electrons. The van der Waals surface area contributed by atoms with Crippen molar-refractivity contribution in [2.75, 3.05) is 12.3 Å². The third-order valence-corrected chi connectivity index (χ3v) is 4.86. The summed E-state index contributed by atoms with van der Waals surface area (Å²) in [5, 5.41) is 11.3. The van der Waals surface area contributed by atoms with Crippen molar-refractivity contribution in [1.82, 2.24) is 5.32 Å². The number of unbranched alkanes of at least 4 members (excludes halogenated alkanes) is 3. The fourth-order valence-electron chi connectivity index (χ4n) is 2.48. The van der Waals surface area contributed by atoms with Crippen LogP contribution in [0.2, 0.25) is 0 Å². The molecule has 30 heavy (non-hydrogen) atoms. The van der Waals surface area contributed by atoms with Gasteiger partial charge in [-0.2, -0.15) is 8.42 Å². The van der Waals surface area contributed by atoms with E-state index in [9.17, 15) is 13.2 Å². The van der Waals surface area contributed by atoms with Crippen LogP contribution in [-0.2, 0) is 19.8 Å². The Labute approximate surface area is 181 Å². The summed E-state index contributed by atoms with van der Waals surface area (Å²) >= 11 is 0. The normalized spacial score (nSPS) is 13.8. The molecule has 1 amide bonds. The minimum atomic E-state index is -4.03. The Bertz CT molecular complexity index is 653. The zero-order valence-electron chi connectivity index (χ0n) is 17.9. The molecule has 0 rings (SSSR count). The van der Waals surface area contributed by atoms with Crippen molar-refractivity contribution in [2.45, 2.75) is 70.8 Å². The van der Waals surface area contributed by atoms with Crippen molar-refractivity contribution in [3.05, 3.63) is 48.6 Å². The largest absolute Gasteiger partial charge is 0.355 e. The van der Waals surface area contributed by atoms with Crippen LogP contribution in [0.25, 0.3) is 0 Å². The van der Waals surface area contributed by atoms with Crippen LogP contribution in [0.3, 0.4) is 0 Å². The number of rotatable bonds is 18. The molecule has 172 valence electrons. The van der Waals surface area contributed by atoms with Gasteiger partial charge in [0.05, 0.1) is 5.75 Å². The fourth-order valence-corrected chi connectivity index (χ4v) is 2.84. The second kappa shape index (κ2) is 19.2. The third-order valence-electron chi connectivity index (χ3n) is 4.14. The van der Waals surface area contributed by atoms with Crippen LogP contribution in [0.15, 0.2) is 48.6 Å². The van der Waals surface area contributed by atoms with Gasteiger partial charge < -0.3 is 5.32 Å². The van der Waals surface area contributed by atoms with Crippen LogP contribution in [-0.4, -0.2) is 42.5 Å². The minimum Gasteiger partial charge on any atom is -0.355 e. The Balaban J connectivity index is 3.73. The molecule has 0 aliphatic heterocycles. The molecule has 0 heterocycles. The minimum absolute atomic E-state index is 0.0721. The highest BCUT2D eigenvalue weighted by atomic mass is 32.2. The van der Waals surface area contributed by atoms with E-state index in [0.29, 0.717) is 12.8 Å². The molecule has 3 N–H and O–H groups in total. The maximum Gasteiger partial charge on any atom is 0.266 e. The fraction of sp³-hybridized carbons (Fsp3) is 0.591. The lowest BCUT2D eigenvalue weighted by molar-refractivity contribution is -0.267. The van der Waals surface area contributed by atoms with Crippen LogP contribution < -0.4 is 5.32 Å².